The van der Waals surface area contributed by atoms with Crippen molar-refractivity contribution < 1.29 is 0 Å². The number of rotatable bonds is 4. The molecule has 0 aliphatic heterocycles. The zero-order chi connectivity index (χ0) is 20.2. The van der Waals surface area contributed by atoms with Gasteiger partial charge in [0.2, 0.25) is 0 Å². The maximum absolute atomic E-state index is 6.08. The highest BCUT2D eigenvalue weighted by atomic mass is 35.5. The first kappa shape index (κ1) is 20.3. The first-order valence-corrected chi connectivity index (χ1v) is 11.0. The van der Waals surface area contributed by atoms with Crippen molar-refractivity contribution in [3.63, 3.8) is 0 Å². The van der Waals surface area contributed by atoms with Crippen LogP contribution in [0.1, 0.15) is 37.8 Å². The fourth-order valence-electron chi connectivity index (χ4n) is 3.63. The van der Waals surface area contributed by atoms with Crippen LogP contribution in [0, 0.1) is 0 Å². The summed E-state index contributed by atoms with van der Waals surface area (Å²) in [5.41, 5.74) is 4.13. The first-order valence-electron chi connectivity index (χ1n) is 9.80. The topological polar surface area (TPSA) is 37.8 Å². The normalized spacial score (nSPS) is 14.6. The maximum atomic E-state index is 6.08. The molecule has 2 aromatic carbocycles. The molecule has 4 rings (SSSR count). The highest BCUT2D eigenvalue weighted by Crippen LogP contribution is 2.30. The van der Waals surface area contributed by atoms with Crippen molar-refractivity contribution in [2.45, 2.75) is 38.1 Å². The maximum Gasteiger partial charge on any atom is 0.127 e. The molecule has 3 aromatic rings. The number of nitrogens with zero attached hydrogens (tertiary/aromatic N) is 2. The zero-order valence-electron chi connectivity index (χ0n) is 15.9. The van der Waals surface area contributed by atoms with Gasteiger partial charge in [-0.15, -0.1) is 0 Å². The second-order valence-electron chi connectivity index (χ2n) is 7.27. The monoisotopic (exact) mass is 441 g/mol. The van der Waals surface area contributed by atoms with Crippen LogP contribution in [0.5, 0.6) is 0 Å². The summed E-state index contributed by atoms with van der Waals surface area (Å²) in [7, 11) is 0. The molecule has 0 atom stereocenters. The Morgan fingerprint density at radius 2 is 1.38 bits per heavy atom. The molecule has 1 aliphatic rings. The Labute approximate surface area is 186 Å². The van der Waals surface area contributed by atoms with E-state index in [9.17, 15) is 0 Å². The van der Waals surface area contributed by atoms with Crippen LogP contribution in [-0.4, -0.2) is 21.0 Å². The van der Waals surface area contributed by atoms with Crippen molar-refractivity contribution >= 4 is 40.4 Å². The molecule has 1 N–H and O–H groups in total. The van der Waals surface area contributed by atoms with E-state index in [1.807, 2.05) is 48.5 Å². The summed E-state index contributed by atoms with van der Waals surface area (Å²) in [6.07, 6.45) is 7.86. The van der Waals surface area contributed by atoms with Gasteiger partial charge in [0, 0.05) is 27.2 Å². The molecule has 0 radical (unpaired) electrons. The smallest absolute Gasteiger partial charge is 0.127 e. The molecule has 0 saturated heterocycles. The Morgan fingerprint density at radius 3 is 1.97 bits per heavy atom. The summed E-state index contributed by atoms with van der Waals surface area (Å²) in [6, 6.07) is 15.6. The second-order valence-corrected chi connectivity index (χ2v) is 8.56. The SMILES string of the molecule is S=C(NC1CCCCC1)c1cnc(-c2ccc(Cl)cc2)c(-c2ccc(Cl)cc2)n1. The predicted octanol–water partition coefficient (Wildman–Crippen LogP) is 6.72. The van der Waals surface area contributed by atoms with Crippen molar-refractivity contribution in [3.8, 4) is 22.5 Å². The van der Waals surface area contributed by atoms with Crippen molar-refractivity contribution in [2.24, 2.45) is 0 Å². The summed E-state index contributed by atoms with van der Waals surface area (Å²) in [5.74, 6) is 0. The number of hydrogen-bond donors (Lipinski definition) is 1. The molecule has 6 heteroatoms. The number of halogens is 2. The van der Waals surface area contributed by atoms with E-state index in [1.54, 1.807) is 6.20 Å². The highest BCUT2D eigenvalue weighted by molar-refractivity contribution is 7.80. The standard InChI is InChI=1S/C23H21Cl2N3S/c24-17-10-6-15(7-11-17)21-22(16-8-12-18(25)13-9-16)28-20(14-26-21)23(29)27-19-4-2-1-3-5-19/h6-14,19H,1-5H2,(H,27,29). The van der Waals surface area contributed by atoms with Crippen LogP contribution in [0.3, 0.4) is 0 Å². The molecule has 0 spiro atoms. The Hall–Kier alpha value is -2.01. The fraction of sp³-hybridized carbons (Fsp3) is 0.261. The van der Waals surface area contributed by atoms with Gasteiger partial charge in [-0.25, -0.2) is 4.98 Å². The molecule has 0 amide bonds. The molecule has 0 unspecified atom stereocenters. The van der Waals surface area contributed by atoms with Gasteiger partial charge in [0.1, 0.15) is 10.7 Å². The summed E-state index contributed by atoms with van der Waals surface area (Å²) in [4.78, 5) is 10.3. The molecule has 148 valence electrons. The third-order valence-electron chi connectivity index (χ3n) is 5.18. The lowest BCUT2D eigenvalue weighted by Gasteiger charge is -2.24. The molecule has 1 aromatic heterocycles. The molecular weight excluding hydrogens is 421 g/mol. The molecule has 1 fully saturated rings. The number of benzene rings is 2. The highest BCUT2D eigenvalue weighted by Gasteiger charge is 2.18. The van der Waals surface area contributed by atoms with E-state index in [2.05, 4.69) is 5.32 Å². The van der Waals surface area contributed by atoms with E-state index < -0.39 is 0 Å². The van der Waals surface area contributed by atoms with Crippen molar-refractivity contribution in [2.75, 3.05) is 0 Å². The van der Waals surface area contributed by atoms with E-state index in [-0.39, 0.29) is 0 Å². The summed E-state index contributed by atoms with van der Waals surface area (Å²) >= 11 is 17.8. The Balaban J connectivity index is 1.71. The van der Waals surface area contributed by atoms with E-state index in [1.165, 1.54) is 19.3 Å². The largest absolute Gasteiger partial charge is 0.372 e. The van der Waals surface area contributed by atoms with Gasteiger partial charge in [-0.05, 0) is 37.1 Å². The molecule has 1 aliphatic carbocycles. The lowest BCUT2D eigenvalue weighted by molar-refractivity contribution is 0.415. The van der Waals surface area contributed by atoms with Crippen LogP contribution in [-0.2, 0) is 0 Å². The molecule has 3 nitrogen and oxygen atoms in total. The van der Waals surface area contributed by atoms with Crippen LogP contribution in [0.25, 0.3) is 22.5 Å². The number of nitrogens with one attached hydrogen (secondary N) is 1. The number of thiocarbonyl (C=S) groups is 1. The Bertz CT molecular complexity index is 998. The average Bonchev–Trinajstić information content (AvgIpc) is 2.75. The van der Waals surface area contributed by atoms with Gasteiger partial charge in [-0.2, -0.15) is 0 Å². The third-order valence-corrected chi connectivity index (χ3v) is 6.01. The Morgan fingerprint density at radius 1 is 0.828 bits per heavy atom. The van der Waals surface area contributed by atoms with Gasteiger partial charge in [0.05, 0.1) is 17.6 Å². The molecule has 0 bridgehead atoms. The van der Waals surface area contributed by atoms with Gasteiger partial charge < -0.3 is 5.32 Å². The van der Waals surface area contributed by atoms with Crippen LogP contribution in [0.2, 0.25) is 10.0 Å². The van der Waals surface area contributed by atoms with Crippen molar-refractivity contribution in [1.29, 1.82) is 0 Å². The van der Waals surface area contributed by atoms with Crippen LogP contribution in [0.15, 0.2) is 54.7 Å². The van der Waals surface area contributed by atoms with Gasteiger partial charge in [0.15, 0.2) is 0 Å². The van der Waals surface area contributed by atoms with Gasteiger partial charge in [-0.3, -0.25) is 4.98 Å². The van der Waals surface area contributed by atoms with Crippen LogP contribution >= 0.6 is 35.4 Å². The predicted molar refractivity (Wildman–Crippen MR) is 125 cm³/mol. The summed E-state index contributed by atoms with van der Waals surface area (Å²) in [5, 5.41) is 4.85. The fourth-order valence-corrected chi connectivity index (χ4v) is 4.15. The number of hydrogen-bond acceptors (Lipinski definition) is 3. The van der Waals surface area contributed by atoms with E-state index >= 15 is 0 Å². The van der Waals surface area contributed by atoms with Gasteiger partial charge in [0.25, 0.3) is 0 Å². The minimum Gasteiger partial charge on any atom is -0.372 e. The first-order chi connectivity index (χ1) is 14.1. The van der Waals surface area contributed by atoms with Crippen molar-refractivity contribution in [1.82, 2.24) is 15.3 Å². The number of aromatic nitrogens is 2. The average molecular weight is 442 g/mol. The lowest BCUT2D eigenvalue weighted by Crippen LogP contribution is -2.36. The second kappa shape index (κ2) is 9.21. The zero-order valence-corrected chi connectivity index (χ0v) is 18.2. The molecule has 29 heavy (non-hydrogen) atoms. The molecule has 1 heterocycles. The lowest BCUT2D eigenvalue weighted by atomic mass is 9.95. The Kier molecular flexibility index (Phi) is 6.43. The van der Waals surface area contributed by atoms with Crippen LogP contribution in [0.4, 0.5) is 0 Å². The molecule has 1 saturated carbocycles. The summed E-state index contributed by atoms with van der Waals surface area (Å²) in [6.45, 7) is 0. The molecular formula is C23H21Cl2N3S. The van der Waals surface area contributed by atoms with Gasteiger partial charge >= 0.3 is 0 Å². The third kappa shape index (κ3) is 4.95. The quantitative estimate of drug-likeness (QED) is 0.456. The van der Waals surface area contributed by atoms with E-state index in [0.29, 0.717) is 26.8 Å². The minimum atomic E-state index is 0.424. The van der Waals surface area contributed by atoms with E-state index in [0.717, 1.165) is 35.4 Å². The minimum absolute atomic E-state index is 0.424. The van der Waals surface area contributed by atoms with Gasteiger partial charge in [-0.1, -0.05) is 78.9 Å². The van der Waals surface area contributed by atoms with E-state index in [4.69, 9.17) is 45.4 Å². The summed E-state index contributed by atoms with van der Waals surface area (Å²) < 4.78 is 0. The van der Waals surface area contributed by atoms with Crippen LogP contribution < -0.4 is 5.32 Å². The van der Waals surface area contributed by atoms with Crippen molar-refractivity contribution in [3.05, 3.63) is 70.5 Å².